The van der Waals surface area contributed by atoms with Crippen LogP contribution in [0.25, 0.3) is 0 Å². The maximum Gasteiger partial charge on any atom is 0.339 e. The number of carboxylic acid groups (broad SMARTS) is 1. The fourth-order valence-corrected chi connectivity index (χ4v) is 2.31. The first-order chi connectivity index (χ1) is 10.0. The average molecular weight is 294 g/mol. The number of carboxylic acids is 1. The molecule has 0 aromatic heterocycles. The molecule has 2 rings (SSSR count). The van der Waals surface area contributed by atoms with Crippen LogP contribution in [-0.2, 0) is 0 Å². The van der Waals surface area contributed by atoms with Gasteiger partial charge in [-0.15, -0.1) is 0 Å². The molecule has 7 heteroatoms. The molecule has 0 radical (unpaired) electrons. The Bertz CT molecular complexity index is 538. The molecule has 1 aromatic rings. The van der Waals surface area contributed by atoms with E-state index in [1.807, 2.05) is 0 Å². The smallest absolute Gasteiger partial charge is 0.339 e. The second-order valence-electron chi connectivity index (χ2n) is 5.08. The number of aliphatic hydroxyl groups excluding tert-OH is 1. The Hall–Kier alpha value is -2.28. The largest absolute Gasteiger partial charge is 0.507 e. The lowest BCUT2D eigenvalue weighted by Gasteiger charge is -2.31. The Morgan fingerprint density at radius 3 is 2.52 bits per heavy atom. The van der Waals surface area contributed by atoms with Crippen molar-refractivity contribution in [3.63, 3.8) is 0 Å². The lowest BCUT2D eigenvalue weighted by molar-refractivity contribution is 0.0693. The van der Waals surface area contributed by atoms with E-state index in [0.717, 1.165) is 12.8 Å². The first-order valence-electron chi connectivity index (χ1n) is 6.74. The van der Waals surface area contributed by atoms with Gasteiger partial charge in [-0.05, 0) is 37.0 Å². The first kappa shape index (κ1) is 15.1. The van der Waals surface area contributed by atoms with E-state index >= 15 is 0 Å². The highest BCUT2D eigenvalue weighted by Gasteiger charge is 2.22. The Labute approximate surface area is 121 Å². The van der Waals surface area contributed by atoms with Gasteiger partial charge in [0.05, 0.1) is 0 Å². The number of carbonyl (C=O) groups excluding carboxylic acids is 1. The van der Waals surface area contributed by atoms with Crippen LogP contribution in [0, 0.1) is 5.92 Å². The van der Waals surface area contributed by atoms with Crippen LogP contribution in [0.2, 0.25) is 0 Å². The summed E-state index contributed by atoms with van der Waals surface area (Å²) in [6, 6.07) is 3.58. The number of likely N-dealkylation sites (tertiary alicyclic amines) is 1. The maximum atomic E-state index is 12.1. The summed E-state index contributed by atoms with van der Waals surface area (Å²) in [5.74, 6) is -1.36. The summed E-state index contributed by atoms with van der Waals surface area (Å²) < 4.78 is 0. The van der Waals surface area contributed by atoms with Gasteiger partial charge in [-0.25, -0.2) is 9.59 Å². The molecule has 114 valence electrons. The minimum absolute atomic E-state index is 0.134. The van der Waals surface area contributed by atoms with E-state index in [-0.39, 0.29) is 29.9 Å². The van der Waals surface area contributed by atoms with Crippen molar-refractivity contribution in [2.24, 2.45) is 5.92 Å². The predicted molar refractivity (Wildman–Crippen MR) is 75.5 cm³/mol. The molecule has 0 atom stereocenters. The molecule has 0 aliphatic carbocycles. The molecule has 1 aromatic carbocycles. The molecule has 1 heterocycles. The third kappa shape index (κ3) is 3.63. The van der Waals surface area contributed by atoms with Crippen molar-refractivity contribution in [2.45, 2.75) is 12.8 Å². The van der Waals surface area contributed by atoms with Crippen LogP contribution in [0.5, 0.6) is 5.75 Å². The molecule has 0 bridgehead atoms. The number of anilines is 1. The summed E-state index contributed by atoms with van der Waals surface area (Å²) in [5, 5.41) is 30.0. The van der Waals surface area contributed by atoms with Gasteiger partial charge in [0.15, 0.2) is 0 Å². The minimum Gasteiger partial charge on any atom is -0.507 e. The van der Waals surface area contributed by atoms with Gasteiger partial charge in [-0.1, -0.05) is 0 Å². The summed E-state index contributed by atoms with van der Waals surface area (Å²) in [4.78, 5) is 24.6. The van der Waals surface area contributed by atoms with Gasteiger partial charge in [0, 0.05) is 25.4 Å². The fraction of sp³-hybridized carbons (Fsp3) is 0.429. The summed E-state index contributed by atoms with van der Waals surface area (Å²) >= 11 is 0. The van der Waals surface area contributed by atoms with Crippen LogP contribution >= 0.6 is 0 Å². The van der Waals surface area contributed by atoms with Gasteiger partial charge < -0.3 is 25.5 Å². The maximum absolute atomic E-state index is 12.1. The van der Waals surface area contributed by atoms with Gasteiger partial charge in [0.25, 0.3) is 0 Å². The Balaban J connectivity index is 2.00. The summed E-state index contributed by atoms with van der Waals surface area (Å²) in [7, 11) is 0. The molecule has 2 amide bonds. The van der Waals surface area contributed by atoms with Crippen LogP contribution in [0.1, 0.15) is 23.2 Å². The number of rotatable bonds is 3. The Morgan fingerprint density at radius 2 is 1.95 bits per heavy atom. The number of nitrogens with one attached hydrogen (secondary N) is 1. The van der Waals surface area contributed by atoms with Crippen molar-refractivity contribution in [2.75, 3.05) is 25.0 Å². The van der Waals surface area contributed by atoms with Crippen molar-refractivity contribution in [3.05, 3.63) is 23.8 Å². The lowest BCUT2D eigenvalue weighted by Crippen LogP contribution is -2.41. The predicted octanol–water partition coefficient (Wildman–Crippen LogP) is 1.33. The number of phenols is 1. The molecule has 4 N–H and O–H groups in total. The molecule has 21 heavy (non-hydrogen) atoms. The second-order valence-corrected chi connectivity index (χ2v) is 5.08. The van der Waals surface area contributed by atoms with Crippen molar-refractivity contribution >= 4 is 17.7 Å². The van der Waals surface area contributed by atoms with Gasteiger partial charge in [-0.2, -0.15) is 0 Å². The third-order valence-electron chi connectivity index (χ3n) is 3.64. The number of carbonyl (C=O) groups is 2. The van der Waals surface area contributed by atoms with Crippen molar-refractivity contribution in [3.8, 4) is 5.75 Å². The van der Waals surface area contributed by atoms with Crippen LogP contribution in [0.3, 0.4) is 0 Å². The van der Waals surface area contributed by atoms with Crippen LogP contribution in [-0.4, -0.2) is 51.9 Å². The van der Waals surface area contributed by atoms with Crippen molar-refractivity contribution in [1.82, 2.24) is 4.90 Å². The fourth-order valence-electron chi connectivity index (χ4n) is 2.31. The zero-order valence-corrected chi connectivity index (χ0v) is 11.5. The Morgan fingerprint density at radius 1 is 1.29 bits per heavy atom. The first-order valence-corrected chi connectivity index (χ1v) is 6.74. The number of aromatic carboxylic acids is 1. The molecule has 7 nitrogen and oxygen atoms in total. The summed E-state index contributed by atoms with van der Waals surface area (Å²) in [5.41, 5.74) is 0.0614. The molecule has 1 saturated heterocycles. The molecule has 1 fully saturated rings. The van der Waals surface area contributed by atoms with Gasteiger partial charge in [-0.3, -0.25) is 0 Å². The number of nitrogens with zero attached hydrogens (tertiary/aromatic N) is 1. The van der Waals surface area contributed by atoms with Crippen molar-refractivity contribution in [1.29, 1.82) is 0 Å². The molecular weight excluding hydrogens is 276 g/mol. The van der Waals surface area contributed by atoms with E-state index in [1.165, 1.54) is 18.2 Å². The standard InChI is InChI=1S/C14H18N2O5/c17-8-9-3-5-16(6-4-9)14(21)15-10-1-2-12(18)11(7-10)13(19)20/h1-2,7,9,17-18H,3-6,8H2,(H,15,21)(H,19,20). The molecule has 0 unspecified atom stereocenters. The van der Waals surface area contributed by atoms with Gasteiger partial charge >= 0.3 is 12.0 Å². The molecule has 1 aliphatic rings. The quantitative estimate of drug-likeness (QED) is 0.629. The van der Waals surface area contributed by atoms with Crippen LogP contribution in [0.15, 0.2) is 18.2 Å². The highest BCUT2D eigenvalue weighted by atomic mass is 16.4. The van der Waals surface area contributed by atoms with Gasteiger partial charge in [0.1, 0.15) is 11.3 Å². The van der Waals surface area contributed by atoms with E-state index in [4.69, 9.17) is 10.2 Å². The van der Waals surface area contributed by atoms with Crippen molar-refractivity contribution < 1.29 is 24.9 Å². The average Bonchev–Trinajstić information content (AvgIpc) is 2.49. The van der Waals surface area contributed by atoms with E-state index in [0.29, 0.717) is 18.8 Å². The highest BCUT2D eigenvalue weighted by Crippen LogP contribution is 2.22. The molecule has 1 aliphatic heterocycles. The molecule has 0 saturated carbocycles. The lowest BCUT2D eigenvalue weighted by atomic mass is 9.98. The minimum atomic E-state index is -1.26. The summed E-state index contributed by atoms with van der Waals surface area (Å²) in [6.07, 6.45) is 1.50. The number of urea groups is 1. The number of aromatic hydroxyl groups is 1. The van der Waals surface area contributed by atoms with E-state index in [9.17, 15) is 14.7 Å². The number of hydrogen-bond donors (Lipinski definition) is 4. The Kier molecular flexibility index (Phi) is 4.64. The van der Waals surface area contributed by atoms with E-state index < -0.39 is 5.97 Å². The number of aliphatic hydroxyl groups is 1. The SMILES string of the molecule is O=C(O)c1cc(NC(=O)N2CCC(CO)CC2)ccc1O. The van der Waals surface area contributed by atoms with Crippen LogP contribution in [0.4, 0.5) is 10.5 Å². The van der Waals surface area contributed by atoms with E-state index in [1.54, 1.807) is 4.90 Å². The number of benzene rings is 1. The topological polar surface area (TPSA) is 110 Å². The molecule has 0 spiro atoms. The second kappa shape index (κ2) is 6.45. The number of piperidine rings is 1. The normalized spacial score (nSPS) is 15.8. The van der Waals surface area contributed by atoms with Gasteiger partial charge in [0.2, 0.25) is 0 Å². The number of hydrogen-bond acceptors (Lipinski definition) is 4. The number of amides is 2. The zero-order valence-electron chi connectivity index (χ0n) is 11.5. The molecular formula is C14H18N2O5. The highest BCUT2D eigenvalue weighted by molar-refractivity contribution is 5.95. The zero-order chi connectivity index (χ0) is 15.4. The monoisotopic (exact) mass is 294 g/mol. The van der Waals surface area contributed by atoms with Crippen LogP contribution < -0.4 is 5.32 Å². The summed E-state index contributed by atoms with van der Waals surface area (Å²) in [6.45, 7) is 1.25. The van der Waals surface area contributed by atoms with E-state index in [2.05, 4.69) is 5.32 Å². The third-order valence-corrected chi connectivity index (χ3v) is 3.64.